The summed E-state index contributed by atoms with van der Waals surface area (Å²) in [5.41, 5.74) is 2.62. The third-order valence-corrected chi connectivity index (χ3v) is 8.91. The Balaban J connectivity index is 0.00000329. The van der Waals surface area contributed by atoms with Crippen LogP contribution < -0.4 is 9.47 Å². The largest absolute Gasteiger partial charge is 0.496 e. The molecule has 7 rings (SSSR count). The van der Waals surface area contributed by atoms with Gasteiger partial charge in [-0.1, -0.05) is 17.7 Å². The van der Waals surface area contributed by atoms with Crippen LogP contribution in [-0.2, 0) is 0 Å². The van der Waals surface area contributed by atoms with Gasteiger partial charge in [0.1, 0.15) is 17.1 Å². The second-order valence-corrected chi connectivity index (χ2v) is 11.8. The molecule has 1 amide bonds. The van der Waals surface area contributed by atoms with Crippen molar-refractivity contribution in [1.82, 2.24) is 14.5 Å². The average Bonchev–Trinajstić information content (AvgIpc) is 3.79. The van der Waals surface area contributed by atoms with Crippen LogP contribution in [0.3, 0.4) is 0 Å². The molecule has 2 aromatic heterocycles. The number of carbonyl (C=O) groups excluding carboxylic acids is 2. The summed E-state index contributed by atoms with van der Waals surface area (Å²) in [6, 6.07) is 10.9. The molecule has 11 heteroatoms. The van der Waals surface area contributed by atoms with E-state index in [9.17, 15) is 19.5 Å². The number of likely N-dealkylation sites (tertiary alicyclic amines) is 1. The van der Waals surface area contributed by atoms with Crippen LogP contribution in [0.2, 0.25) is 5.02 Å². The number of methoxy groups -OCH3 is 1. The minimum Gasteiger partial charge on any atom is -0.496 e. The Hall–Kier alpha value is -3.37. The first-order valence-electron chi connectivity index (χ1n) is 14.0. The number of halogens is 1. The van der Waals surface area contributed by atoms with Crippen LogP contribution in [0.4, 0.5) is 0 Å². The molecule has 4 aromatic rings. The van der Waals surface area contributed by atoms with Gasteiger partial charge in [-0.25, -0.2) is 4.79 Å². The molecule has 1 aliphatic carbocycles. The van der Waals surface area contributed by atoms with E-state index >= 15 is 0 Å². The standard InChI is InChI=1S/C32H28ClN3O6.Na/c1-41-28-13-19(12-25-29(28)24(33)17-36(25)22-3-4-22)30(38)35-8-6-32(7-9-35)14-26(37)23-11-18(2-5-27(23)42-32)20-10-21(31(39)40)16-34-15-20;/h2,5,10-13,15-17,22H,3-4,6-9,14H2,1H3,(H,39,40);. The number of hydrogen-bond acceptors (Lipinski definition) is 6. The van der Waals surface area contributed by atoms with Crippen LogP contribution >= 0.6 is 11.6 Å². The number of carboxylic acids is 1. The molecule has 2 aromatic carbocycles. The van der Waals surface area contributed by atoms with Crippen LogP contribution in [0.15, 0.2) is 55.0 Å². The van der Waals surface area contributed by atoms with Gasteiger partial charge in [0.2, 0.25) is 0 Å². The minimum atomic E-state index is -1.06. The van der Waals surface area contributed by atoms with Crippen molar-refractivity contribution in [3.63, 3.8) is 0 Å². The molecule has 0 atom stereocenters. The number of Topliss-reactive ketones (excluding diaryl/α,β-unsaturated/α-hetero) is 1. The molecule has 2 fully saturated rings. The summed E-state index contributed by atoms with van der Waals surface area (Å²) in [5, 5.41) is 10.7. The van der Waals surface area contributed by atoms with Crippen molar-refractivity contribution in [1.29, 1.82) is 0 Å². The SMILES string of the molecule is COc1cc(C(=O)N2CCC3(CC2)CC(=O)c2cc(-c4cncc(C(=O)O)c4)ccc2O3)cc2c1c(Cl)cn2C1CC1.[Na]. The maximum atomic E-state index is 13.7. The van der Waals surface area contributed by atoms with E-state index in [0.717, 1.165) is 23.7 Å². The first kappa shape index (κ1) is 29.7. The predicted molar refractivity (Wildman–Crippen MR) is 162 cm³/mol. The number of fused-ring (bicyclic) bond motifs is 2. The number of aromatic nitrogens is 2. The summed E-state index contributed by atoms with van der Waals surface area (Å²) in [4.78, 5) is 44.2. The number of nitrogens with zero attached hydrogens (tertiary/aromatic N) is 3. The second-order valence-electron chi connectivity index (χ2n) is 11.3. The predicted octanol–water partition coefficient (Wildman–Crippen LogP) is 5.66. The number of piperidine rings is 1. The van der Waals surface area contributed by atoms with Crippen LogP contribution in [0.1, 0.15) is 69.2 Å². The molecule has 215 valence electrons. The molecule has 9 nitrogen and oxygen atoms in total. The van der Waals surface area contributed by atoms with Gasteiger partial charge in [-0.15, -0.1) is 0 Å². The topological polar surface area (TPSA) is 111 Å². The van der Waals surface area contributed by atoms with Gasteiger partial charge in [0.05, 0.1) is 40.6 Å². The van der Waals surface area contributed by atoms with Crippen LogP contribution in [0.25, 0.3) is 22.0 Å². The van der Waals surface area contributed by atoms with Crippen molar-refractivity contribution in [2.45, 2.75) is 43.7 Å². The van der Waals surface area contributed by atoms with Crippen molar-refractivity contribution >= 4 is 69.7 Å². The van der Waals surface area contributed by atoms with Gasteiger partial charge >= 0.3 is 5.97 Å². The molecule has 2 aliphatic heterocycles. The molecule has 4 heterocycles. The first-order valence-corrected chi connectivity index (χ1v) is 14.4. The molecule has 3 aliphatic rings. The van der Waals surface area contributed by atoms with E-state index in [1.165, 1.54) is 12.3 Å². The Labute approximate surface area is 275 Å². The zero-order valence-corrected chi connectivity index (χ0v) is 26.7. The third kappa shape index (κ3) is 5.33. The fraction of sp³-hybridized carbons (Fsp3) is 0.312. The van der Waals surface area contributed by atoms with Gasteiger partial charge < -0.3 is 24.0 Å². The Bertz CT molecular complexity index is 1790. The summed E-state index contributed by atoms with van der Waals surface area (Å²) < 4.78 is 14.2. The number of pyridine rings is 1. The monoisotopic (exact) mass is 608 g/mol. The van der Waals surface area contributed by atoms with Crippen molar-refractivity contribution in [3.05, 3.63) is 76.7 Å². The number of carbonyl (C=O) groups is 3. The molecule has 1 N–H and O–H groups in total. The van der Waals surface area contributed by atoms with Gasteiger partial charge in [-0.3, -0.25) is 14.6 Å². The van der Waals surface area contributed by atoms with E-state index in [2.05, 4.69) is 9.55 Å². The summed E-state index contributed by atoms with van der Waals surface area (Å²) in [7, 11) is 1.58. The van der Waals surface area contributed by atoms with Gasteiger partial charge in [0, 0.05) is 91.2 Å². The van der Waals surface area contributed by atoms with Gasteiger partial charge in [0.15, 0.2) is 5.78 Å². The number of ether oxygens (including phenoxy) is 2. The van der Waals surface area contributed by atoms with Crippen LogP contribution in [0.5, 0.6) is 11.5 Å². The number of benzene rings is 2. The van der Waals surface area contributed by atoms with E-state index in [1.54, 1.807) is 37.6 Å². The Kier molecular flexibility index (Phi) is 7.79. The number of aromatic carboxylic acids is 1. The normalized spacial score (nSPS) is 17.3. The van der Waals surface area contributed by atoms with Gasteiger partial charge in [-0.05, 0) is 48.7 Å². The van der Waals surface area contributed by atoms with Gasteiger partial charge in [0.25, 0.3) is 5.91 Å². The summed E-state index contributed by atoms with van der Waals surface area (Å²) in [5.74, 6) is -0.103. The van der Waals surface area contributed by atoms with E-state index < -0.39 is 11.6 Å². The number of hydrogen-bond donors (Lipinski definition) is 1. The molecule has 1 radical (unpaired) electrons. The van der Waals surface area contributed by atoms with E-state index in [4.69, 9.17) is 21.1 Å². The number of ketones is 1. The zero-order valence-electron chi connectivity index (χ0n) is 23.9. The number of carboxylic acid groups (broad SMARTS) is 1. The number of rotatable bonds is 5. The maximum absolute atomic E-state index is 13.7. The molecule has 43 heavy (non-hydrogen) atoms. The third-order valence-electron chi connectivity index (χ3n) is 8.63. The van der Waals surface area contributed by atoms with E-state index in [0.29, 0.717) is 70.7 Å². The molecular formula is C32H28ClN3NaO6. The van der Waals surface area contributed by atoms with Crippen molar-refractivity contribution in [2.75, 3.05) is 20.2 Å². The number of amides is 1. The minimum absolute atomic E-state index is 0. The molecule has 0 unspecified atom stereocenters. The van der Waals surface area contributed by atoms with E-state index in [1.807, 2.05) is 17.2 Å². The maximum Gasteiger partial charge on any atom is 0.337 e. The molecule has 1 saturated heterocycles. The van der Waals surface area contributed by atoms with E-state index in [-0.39, 0.29) is 53.2 Å². The van der Waals surface area contributed by atoms with Crippen molar-refractivity contribution in [3.8, 4) is 22.6 Å². The molecule has 1 saturated carbocycles. The summed E-state index contributed by atoms with van der Waals surface area (Å²) >= 11 is 6.54. The van der Waals surface area contributed by atoms with Crippen molar-refractivity contribution in [2.24, 2.45) is 0 Å². The van der Waals surface area contributed by atoms with Crippen LogP contribution in [0, 0.1) is 0 Å². The average molecular weight is 609 g/mol. The van der Waals surface area contributed by atoms with Gasteiger partial charge in [-0.2, -0.15) is 0 Å². The fourth-order valence-corrected chi connectivity index (χ4v) is 6.50. The quantitative estimate of drug-likeness (QED) is 0.291. The molecular weight excluding hydrogens is 581 g/mol. The fourth-order valence-electron chi connectivity index (χ4n) is 6.21. The Morgan fingerprint density at radius 3 is 2.53 bits per heavy atom. The van der Waals surface area contributed by atoms with Crippen molar-refractivity contribution < 1.29 is 29.0 Å². The summed E-state index contributed by atoms with van der Waals surface area (Å²) in [6.45, 7) is 0.913. The Morgan fingerprint density at radius 2 is 1.84 bits per heavy atom. The molecule has 0 bridgehead atoms. The summed E-state index contributed by atoms with van der Waals surface area (Å²) in [6.07, 6.45) is 8.23. The second kappa shape index (κ2) is 11.3. The Morgan fingerprint density at radius 1 is 1.07 bits per heavy atom. The zero-order chi connectivity index (χ0) is 29.2. The molecule has 1 spiro atoms. The smallest absolute Gasteiger partial charge is 0.337 e. The van der Waals surface area contributed by atoms with Crippen LogP contribution in [-0.4, -0.2) is 92.6 Å². The first-order chi connectivity index (χ1) is 20.2.